The molecule has 0 spiro atoms. The minimum atomic E-state index is 0. The molecule has 1 aliphatic heterocycles. The van der Waals surface area contributed by atoms with E-state index in [0.717, 1.165) is 62.9 Å². The third-order valence-corrected chi connectivity index (χ3v) is 5.00. The van der Waals surface area contributed by atoms with Crippen LogP contribution in [0.4, 0.5) is 5.82 Å². The molecule has 0 saturated carbocycles. The largest absolute Gasteiger partial charge is 0.379 e. The first-order chi connectivity index (χ1) is 13.9. The Morgan fingerprint density at radius 2 is 1.53 bits per heavy atom. The molecule has 4 rings (SSSR count). The fourth-order valence-corrected chi connectivity index (χ4v) is 3.44. The predicted molar refractivity (Wildman–Crippen MR) is 127 cm³/mol. The monoisotopic (exact) mass is 446 g/mol. The summed E-state index contributed by atoms with van der Waals surface area (Å²) in [6.07, 6.45) is 0.829. The second-order valence-corrected chi connectivity index (χ2v) is 7.01. The Morgan fingerprint density at radius 1 is 0.867 bits per heavy atom. The molecule has 0 atom stereocenters. The molecule has 0 radical (unpaired) electrons. The third kappa shape index (κ3) is 6.67. The van der Waals surface area contributed by atoms with Gasteiger partial charge < -0.3 is 10.1 Å². The van der Waals surface area contributed by atoms with Crippen molar-refractivity contribution in [3.63, 3.8) is 0 Å². The molecule has 3 aromatic rings. The maximum absolute atomic E-state index is 5.42. The van der Waals surface area contributed by atoms with Crippen LogP contribution in [0.1, 0.15) is 11.1 Å². The highest BCUT2D eigenvalue weighted by Crippen LogP contribution is 2.23. The molecule has 0 amide bonds. The maximum atomic E-state index is 5.42. The van der Waals surface area contributed by atoms with Crippen molar-refractivity contribution in [2.24, 2.45) is 0 Å². The van der Waals surface area contributed by atoms with Gasteiger partial charge in [-0.2, -0.15) is 0 Å². The second-order valence-electron chi connectivity index (χ2n) is 7.01. The number of morpholine rings is 1. The number of nitrogens with one attached hydrogen (secondary N) is 1. The van der Waals surface area contributed by atoms with Gasteiger partial charge in [-0.1, -0.05) is 60.7 Å². The van der Waals surface area contributed by atoms with Crippen LogP contribution in [0.3, 0.4) is 0 Å². The van der Waals surface area contributed by atoms with E-state index in [9.17, 15) is 0 Å². The number of hydrogen-bond donors (Lipinski definition) is 1. The fraction of sp³-hybridized carbons (Fsp3) is 0.304. The van der Waals surface area contributed by atoms with Gasteiger partial charge in [0.05, 0.1) is 18.9 Å². The smallest absolute Gasteiger partial charge is 0.152 e. The third-order valence-electron chi connectivity index (χ3n) is 5.00. The topological polar surface area (TPSA) is 50.3 Å². The van der Waals surface area contributed by atoms with E-state index in [1.165, 1.54) is 11.1 Å². The highest BCUT2D eigenvalue weighted by Gasteiger charge is 2.12. The van der Waals surface area contributed by atoms with E-state index in [1.807, 2.05) is 24.3 Å². The van der Waals surface area contributed by atoms with Crippen LogP contribution in [0, 0.1) is 0 Å². The Bertz CT molecular complexity index is 875. The number of benzene rings is 2. The van der Waals surface area contributed by atoms with Gasteiger partial charge in [-0.05, 0) is 11.6 Å². The lowest BCUT2D eigenvalue weighted by atomic mass is 10.0. The summed E-state index contributed by atoms with van der Waals surface area (Å²) in [6.45, 7) is 5.47. The Labute approximate surface area is 190 Å². The summed E-state index contributed by atoms with van der Waals surface area (Å²) in [7, 11) is 0. The number of hydrogen-bond acceptors (Lipinski definition) is 5. The number of aromatic nitrogens is 2. The molecular weight excluding hydrogens is 419 g/mol. The first-order valence-corrected chi connectivity index (χ1v) is 9.88. The molecule has 2 aromatic carbocycles. The van der Waals surface area contributed by atoms with Gasteiger partial charge in [-0.3, -0.25) is 4.90 Å². The Balaban J connectivity index is 0.00000160. The van der Waals surface area contributed by atoms with Gasteiger partial charge in [0.15, 0.2) is 5.82 Å². The van der Waals surface area contributed by atoms with Gasteiger partial charge in [0.2, 0.25) is 0 Å². The van der Waals surface area contributed by atoms with E-state index >= 15 is 0 Å². The van der Waals surface area contributed by atoms with Crippen molar-refractivity contribution in [1.29, 1.82) is 0 Å². The zero-order chi connectivity index (χ0) is 19.0. The Hall–Kier alpha value is -2.18. The van der Waals surface area contributed by atoms with Crippen molar-refractivity contribution in [3.8, 4) is 11.3 Å². The van der Waals surface area contributed by atoms with Crippen molar-refractivity contribution in [3.05, 3.63) is 77.9 Å². The molecule has 0 bridgehead atoms. The number of halogens is 2. The summed E-state index contributed by atoms with van der Waals surface area (Å²) in [5.74, 6) is 0.872. The van der Waals surface area contributed by atoms with Gasteiger partial charge in [-0.25, -0.2) is 0 Å². The zero-order valence-electron chi connectivity index (χ0n) is 16.9. The highest BCUT2D eigenvalue weighted by atomic mass is 35.5. The quantitative estimate of drug-likeness (QED) is 0.585. The molecule has 160 valence electrons. The lowest BCUT2D eigenvalue weighted by molar-refractivity contribution is 0.0398. The number of anilines is 1. The lowest BCUT2D eigenvalue weighted by Gasteiger charge is -2.26. The molecule has 1 fully saturated rings. The molecule has 1 N–H and O–H groups in total. The van der Waals surface area contributed by atoms with Crippen molar-refractivity contribution in [2.75, 3.05) is 44.7 Å². The summed E-state index contributed by atoms with van der Waals surface area (Å²) in [6, 6.07) is 22.9. The zero-order valence-corrected chi connectivity index (χ0v) is 18.5. The van der Waals surface area contributed by atoms with Crippen LogP contribution in [-0.2, 0) is 11.2 Å². The van der Waals surface area contributed by atoms with E-state index < -0.39 is 0 Å². The molecule has 30 heavy (non-hydrogen) atoms. The normalized spacial score (nSPS) is 13.7. The first-order valence-electron chi connectivity index (χ1n) is 9.88. The molecule has 5 nitrogen and oxygen atoms in total. The van der Waals surface area contributed by atoms with Crippen molar-refractivity contribution >= 4 is 30.6 Å². The molecule has 0 aliphatic carbocycles. The van der Waals surface area contributed by atoms with Crippen LogP contribution in [-0.4, -0.2) is 54.5 Å². The van der Waals surface area contributed by atoms with Crippen LogP contribution in [0.2, 0.25) is 0 Å². The minimum absolute atomic E-state index is 0. The number of ether oxygens (including phenoxy) is 1. The molecule has 1 aliphatic rings. The average molecular weight is 447 g/mol. The van der Waals surface area contributed by atoms with Crippen molar-refractivity contribution in [1.82, 2.24) is 15.1 Å². The average Bonchev–Trinajstić information content (AvgIpc) is 2.77. The van der Waals surface area contributed by atoms with E-state index in [1.54, 1.807) is 0 Å². The van der Waals surface area contributed by atoms with Gasteiger partial charge in [0, 0.05) is 43.7 Å². The SMILES string of the molecule is Cl.Cl.c1ccc(Cc2cc(-c3ccccc3)nnc2NCCN2CCOCC2)cc1. The predicted octanol–water partition coefficient (Wildman–Crippen LogP) is 4.32. The molecule has 1 saturated heterocycles. The molecule has 0 unspecified atom stereocenters. The Morgan fingerprint density at radius 3 is 2.23 bits per heavy atom. The van der Waals surface area contributed by atoms with Gasteiger partial charge >= 0.3 is 0 Å². The highest BCUT2D eigenvalue weighted by molar-refractivity contribution is 5.85. The van der Waals surface area contributed by atoms with E-state index in [0.29, 0.717) is 0 Å². The van der Waals surface area contributed by atoms with Crippen LogP contribution < -0.4 is 5.32 Å². The summed E-state index contributed by atoms with van der Waals surface area (Å²) in [4.78, 5) is 2.42. The van der Waals surface area contributed by atoms with E-state index in [-0.39, 0.29) is 24.8 Å². The lowest BCUT2D eigenvalue weighted by Crippen LogP contribution is -2.39. The summed E-state index contributed by atoms with van der Waals surface area (Å²) in [5.41, 5.74) is 4.43. The number of rotatable bonds is 7. The van der Waals surface area contributed by atoms with E-state index in [2.05, 4.69) is 62.9 Å². The van der Waals surface area contributed by atoms with Crippen LogP contribution in [0.15, 0.2) is 66.7 Å². The summed E-state index contributed by atoms with van der Waals surface area (Å²) < 4.78 is 5.42. The maximum Gasteiger partial charge on any atom is 0.152 e. The van der Waals surface area contributed by atoms with Gasteiger partial charge in [0.25, 0.3) is 0 Å². The number of nitrogens with zero attached hydrogens (tertiary/aromatic N) is 3. The van der Waals surface area contributed by atoms with Crippen LogP contribution >= 0.6 is 24.8 Å². The summed E-state index contributed by atoms with van der Waals surface area (Å²) >= 11 is 0. The van der Waals surface area contributed by atoms with Crippen LogP contribution in [0.25, 0.3) is 11.3 Å². The molecule has 2 heterocycles. The van der Waals surface area contributed by atoms with Gasteiger partial charge in [-0.15, -0.1) is 35.0 Å². The molecule has 7 heteroatoms. The Kier molecular flexibility index (Phi) is 10.0. The fourth-order valence-electron chi connectivity index (χ4n) is 3.44. The molecular formula is C23H28Cl2N4O. The summed E-state index contributed by atoms with van der Waals surface area (Å²) in [5, 5.41) is 12.5. The first kappa shape index (κ1) is 24.1. The second kappa shape index (κ2) is 12.5. The molecule has 1 aromatic heterocycles. The van der Waals surface area contributed by atoms with Gasteiger partial charge in [0.1, 0.15) is 0 Å². The van der Waals surface area contributed by atoms with Crippen molar-refractivity contribution in [2.45, 2.75) is 6.42 Å². The van der Waals surface area contributed by atoms with Crippen LogP contribution in [0.5, 0.6) is 0 Å². The van der Waals surface area contributed by atoms with E-state index in [4.69, 9.17) is 4.74 Å². The minimum Gasteiger partial charge on any atom is -0.379 e. The standard InChI is InChI=1S/C23H26N4O.2ClH/c1-3-7-19(8-4-1)17-21-18-22(20-9-5-2-6-10-20)25-26-23(21)24-11-12-27-13-15-28-16-14-27;;/h1-10,18H,11-17H2,(H,24,26);2*1H. The van der Waals surface area contributed by atoms with Crippen molar-refractivity contribution < 1.29 is 4.74 Å².